The zero-order valence-corrected chi connectivity index (χ0v) is 10.8. The Morgan fingerprint density at radius 2 is 2.05 bits per heavy atom. The van der Waals surface area contributed by atoms with E-state index in [1.54, 1.807) is 17.8 Å². The summed E-state index contributed by atoms with van der Waals surface area (Å²) in [4.78, 5) is 12.4. The first-order valence-corrected chi connectivity index (χ1v) is 6.10. The molecule has 2 aromatic heterocycles. The lowest BCUT2D eigenvalue weighted by molar-refractivity contribution is 0.653. The lowest BCUT2D eigenvalue weighted by Gasteiger charge is -2.05. The molecular weight excluding hydrogens is 254 g/mol. The number of fused-ring (bicyclic) bond motifs is 1. The maximum atomic E-state index is 12.4. The van der Waals surface area contributed by atoms with Gasteiger partial charge in [-0.05, 0) is 19.1 Å². The molecule has 0 amide bonds. The van der Waals surface area contributed by atoms with Crippen molar-refractivity contribution in [2.45, 2.75) is 13.5 Å². The summed E-state index contributed by atoms with van der Waals surface area (Å²) in [6, 6.07) is 11.3. The largest absolute Gasteiger partial charge is 0.294 e. The minimum absolute atomic E-state index is 0.0738. The average Bonchev–Trinajstić information content (AvgIpc) is 2.91. The van der Waals surface area contributed by atoms with Crippen LogP contribution in [0, 0.1) is 18.3 Å². The molecule has 0 aliphatic rings. The summed E-state index contributed by atoms with van der Waals surface area (Å²) in [5.41, 5.74) is 1.61. The number of nitriles is 1. The number of para-hydroxylation sites is 1. The van der Waals surface area contributed by atoms with Gasteiger partial charge in [0, 0.05) is 5.39 Å². The van der Waals surface area contributed by atoms with E-state index in [2.05, 4.69) is 10.2 Å². The maximum absolute atomic E-state index is 12.4. The van der Waals surface area contributed by atoms with Crippen LogP contribution in [-0.4, -0.2) is 19.6 Å². The Morgan fingerprint density at radius 3 is 2.75 bits per heavy atom. The monoisotopic (exact) mass is 265 g/mol. The number of hydrogen-bond acceptors (Lipinski definition) is 4. The molecule has 0 unspecified atom stereocenters. The standard InChI is InChI=1S/C14H11N5O/c1-10-12-9-16-19(11-5-3-2-4-6-11)13(12)14(20)18(17-10)8-7-15/h2-6,9H,8H2,1H3. The van der Waals surface area contributed by atoms with E-state index < -0.39 is 0 Å². The molecule has 20 heavy (non-hydrogen) atoms. The summed E-state index contributed by atoms with van der Waals surface area (Å²) >= 11 is 0. The van der Waals surface area contributed by atoms with E-state index in [9.17, 15) is 4.79 Å². The Bertz CT molecular complexity index is 870. The van der Waals surface area contributed by atoms with Gasteiger partial charge in [0.25, 0.3) is 5.56 Å². The molecule has 0 aliphatic carbocycles. The van der Waals surface area contributed by atoms with Gasteiger partial charge in [0.2, 0.25) is 0 Å². The van der Waals surface area contributed by atoms with E-state index in [0.29, 0.717) is 16.6 Å². The number of hydrogen-bond donors (Lipinski definition) is 0. The van der Waals surface area contributed by atoms with E-state index >= 15 is 0 Å². The van der Waals surface area contributed by atoms with E-state index in [0.717, 1.165) is 5.69 Å². The molecule has 2 heterocycles. The van der Waals surface area contributed by atoms with Crippen molar-refractivity contribution in [3.63, 3.8) is 0 Å². The van der Waals surface area contributed by atoms with Crippen molar-refractivity contribution >= 4 is 10.9 Å². The summed E-state index contributed by atoms with van der Waals surface area (Å²) < 4.78 is 2.75. The van der Waals surface area contributed by atoms with E-state index in [4.69, 9.17) is 5.26 Å². The number of benzene rings is 1. The molecule has 6 nitrogen and oxygen atoms in total. The SMILES string of the molecule is Cc1nn(CC#N)c(=O)c2c1cnn2-c1ccccc1. The molecular formula is C14H11N5O. The van der Waals surface area contributed by atoms with Gasteiger partial charge in [0.05, 0.1) is 23.6 Å². The van der Waals surface area contributed by atoms with Crippen LogP contribution in [0.25, 0.3) is 16.6 Å². The zero-order chi connectivity index (χ0) is 14.1. The topological polar surface area (TPSA) is 76.5 Å². The Kier molecular flexibility index (Phi) is 2.80. The van der Waals surface area contributed by atoms with E-state index in [1.807, 2.05) is 36.4 Å². The van der Waals surface area contributed by atoms with Crippen LogP contribution < -0.4 is 5.56 Å². The fraction of sp³-hybridized carbons (Fsp3) is 0.143. The van der Waals surface area contributed by atoms with Crippen LogP contribution in [0.4, 0.5) is 0 Å². The normalized spacial score (nSPS) is 10.6. The Morgan fingerprint density at radius 1 is 1.30 bits per heavy atom. The van der Waals surface area contributed by atoms with Crippen molar-refractivity contribution < 1.29 is 0 Å². The average molecular weight is 265 g/mol. The smallest absolute Gasteiger partial charge is 0.265 e. The summed E-state index contributed by atoms with van der Waals surface area (Å²) in [5, 5.41) is 17.9. The molecule has 0 spiro atoms. The lowest BCUT2D eigenvalue weighted by atomic mass is 10.2. The van der Waals surface area contributed by atoms with Gasteiger partial charge in [0.1, 0.15) is 12.1 Å². The quantitative estimate of drug-likeness (QED) is 0.702. The second kappa shape index (κ2) is 4.63. The molecule has 0 atom stereocenters. The Hall–Kier alpha value is -2.94. The minimum atomic E-state index is -0.312. The van der Waals surface area contributed by atoms with Gasteiger partial charge in [-0.15, -0.1) is 0 Å². The summed E-state index contributed by atoms with van der Waals surface area (Å²) in [6.45, 7) is 1.72. The minimum Gasteiger partial charge on any atom is -0.265 e. The summed E-state index contributed by atoms with van der Waals surface area (Å²) in [7, 11) is 0. The Labute approximate surface area is 114 Å². The lowest BCUT2D eigenvalue weighted by Crippen LogP contribution is -2.25. The van der Waals surface area contributed by atoms with Crippen molar-refractivity contribution in [2.24, 2.45) is 0 Å². The van der Waals surface area contributed by atoms with Crippen LogP contribution in [0.1, 0.15) is 5.69 Å². The number of nitrogens with zero attached hydrogens (tertiary/aromatic N) is 5. The molecule has 0 saturated carbocycles. The third-order valence-electron chi connectivity index (χ3n) is 3.09. The highest BCUT2D eigenvalue weighted by Crippen LogP contribution is 2.16. The first-order chi connectivity index (χ1) is 9.72. The van der Waals surface area contributed by atoms with Crippen LogP contribution in [0.5, 0.6) is 0 Å². The van der Waals surface area contributed by atoms with Crippen molar-refractivity contribution in [3.8, 4) is 11.8 Å². The van der Waals surface area contributed by atoms with Crippen molar-refractivity contribution in [3.05, 3.63) is 52.6 Å². The van der Waals surface area contributed by atoms with E-state index in [-0.39, 0.29) is 12.1 Å². The predicted molar refractivity (Wildman–Crippen MR) is 73.5 cm³/mol. The fourth-order valence-electron chi connectivity index (χ4n) is 2.16. The van der Waals surface area contributed by atoms with Gasteiger partial charge in [-0.25, -0.2) is 9.36 Å². The molecule has 0 bridgehead atoms. The van der Waals surface area contributed by atoms with Crippen molar-refractivity contribution in [1.29, 1.82) is 5.26 Å². The van der Waals surface area contributed by atoms with Crippen LogP contribution in [0.15, 0.2) is 41.3 Å². The van der Waals surface area contributed by atoms with Crippen LogP contribution >= 0.6 is 0 Å². The molecule has 3 rings (SSSR count). The molecule has 1 aromatic carbocycles. The van der Waals surface area contributed by atoms with Crippen LogP contribution in [-0.2, 0) is 6.54 Å². The van der Waals surface area contributed by atoms with Gasteiger partial charge in [-0.3, -0.25) is 4.79 Å². The number of rotatable bonds is 2. The molecule has 0 aliphatic heterocycles. The van der Waals surface area contributed by atoms with Crippen molar-refractivity contribution in [1.82, 2.24) is 19.6 Å². The molecule has 3 aromatic rings. The van der Waals surface area contributed by atoms with Gasteiger partial charge in [0.15, 0.2) is 0 Å². The van der Waals surface area contributed by atoms with Crippen LogP contribution in [0.3, 0.4) is 0 Å². The molecule has 0 radical (unpaired) electrons. The molecule has 0 fully saturated rings. The van der Waals surface area contributed by atoms with Crippen molar-refractivity contribution in [2.75, 3.05) is 0 Å². The first kappa shape index (κ1) is 12.1. The highest BCUT2D eigenvalue weighted by molar-refractivity contribution is 5.81. The molecule has 98 valence electrons. The van der Waals surface area contributed by atoms with E-state index in [1.165, 1.54) is 4.68 Å². The van der Waals surface area contributed by atoms with Gasteiger partial charge in [-0.2, -0.15) is 15.5 Å². The fourth-order valence-corrected chi connectivity index (χ4v) is 2.16. The van der Waals surface area contributed by atoms with Gasteiger partial charge >= 0.3 is 0 Å². The molecule has 0 saturated heterocycles. The number of aryl methyl sites for hydroxylation is 1. The summed E-state index contributed by atoms with van der Waals surface area (Å²) in [6.07, 6.45) is 1.63. The highest BCUT2D eigenvalue weighted by atomic mass is 16.1. The summed E-state index contributed by atoms with van der Waals surface area (Å²) in [5.74, 6) is 0. The second-order valence-corrected chi connectivity index (χ2v) is 4.36. The predicted octanol–water partition coefficient (Wildman–Crippen LogP) is 1.41. The highest BCUT2D eigenvalue weighted by Gasteiger charge is 2.14. The van der Waals surface area contributed by atoms with Gasteiger partial charge in [-0.1, -0.05) is 18.2 Å². The third kappa shape index (κ3) is 1.77. The number of aromatic nitrogens is 4. The Balaban J connectivity index is 2.37. The molecule has 6 heteroatoms. The van der Waals surface area contributed by atoms with Gasteiger partial charge < -0.3 is 0 Å². The maximum Gasteiger partial charge on any atom is 0.294 e. The first-order valence-electron chi connectivity index (χ1n) is 6.10. The molecule has 0 N–H and O–H groups in total. The third-order valence-corrected chi connectivity index (χ3v) is 3.09. The zero-order valence-electron chi connectivity index (χ0n) is 10.8. The van der Waals surface area contributed by atoms with Crippen LogP contribution in [0.2, 0.25) is 0 Å². The second-order valence-electron chi connectivity index (χ2n) is 4.36.